The predicted octanol–water partition coefficient (Wildman–Crippen LogP) is 3.76. The monoisotopic (exact) mass is 454 g/mol. The summed E-state index contributed by atoms with van der Waals surface area (Å²) in [6.07, 6.45) is 5.42. The molecule has 1 N–H and O–H groups in total. The van der Waals surface area contributed by atoms with E-state index in [1.165, 1.54) is 0 Å². The topological polar surface area (TPSA) is 67.2 Å². The second kappa shape index (κ2) is 8.37. The van der Waals surface area contributed by atoms with Crippen LogP contribution in [-0.2, 0) is 23.1 Å². The van der Waals surface area contributed by atoms with Crippen molar-refractivity contribution in [3.63, 3.8) is 0 Å². The highest BCUT2D eigenvalue weighted by Crippen LogP contribution is 2.23. The van der Waals surface area contributed by atoms with Crippen molar-refractivity contribution >= 4 is 44.5 Å². The largest absolute Gasteiger partial charge is 0.350 e. The van der Waals surface area contributed by atoms with Crippen LogP contribution in [0.25, 0.3) is 10.9 Å². The molecule has 2 amide bonds. The standard InChI is InChI=1S/C22H23BrN4O2/c1-26-14-16(18-4-2-3-5-19(18)26)12-21(28)27-10-8-15(9-11-27)22(29)25-20-7-6-17(23)13-24-20/h2-7,13-15H,8-12H2,1H3,(H,24,25,29). The van der Waals surface area contributed by atoms with E-state index in [9.17, 15) is 9.59 Å². The third-order valence-electron chi connectivity index (χ3n) is 5.52. The molecule has 0 saturated carbocycles. The van der Waals surface area contributed by atoms with Gasteiger partial charge in [-0.1, -0.05) is 18.2 Å². The van der Waals surface area contributed by atoms with E-state index in [-0.39, 0.29) is 17.7 Å². The molecule has 0 bridgehead atoms. The molecule has 1 saturated heterocycles. The Balaban J connectivity index is 1.33. The van der Waals surface area contributed by atoms with Gasteiger partial charge in [-0.05, 0) is 52.5 Å². The highest BCUT2D eigenvalue weighted by Gasteiger charge is 2.28. The number of carbonyl (C=O) groups is 2. The zero-order chi connectivity index (χ0) is 20.4. The number of rotatable bonds is 4. The van der Waals surface area contributed by atoms with Gasteiger partial charge < -0.3 is 14.8 Å². The minimum atomic E-state index is -0.0953. The normalized spacial score (nSPS) is 14.9. The molecule has 0 aliphatic carbocycles. The number of aryl methyl sites for hydroxylation is 1. The Kier molecular flexibility index (Phi) is 5.67. The Bertz CT molecular complexity index is 1040. The van der Waals surface area contributed by atoms with Crippen LogP contribution >= 0.6 is 15.9 Å². The first-order valence-electron chi connectivity index (χ1n) is 9.74. The van der Waals surface area contributed by atoms with Gasteiger partial charge in [-0.3, -0.25) is 9.59 Å². The van der Waals surface area contributed by atoms with Crippen molar-refractivity contribution in [2.24, 2.45) is 13.0 Å². The molecular formula is C22H23BrN4O2. The number of halogens is 1. The molecule has 1 aromatic carbocycles. The number of likely N-dealkylation sites (tertiary alicyclic amines) is 1. The number of amides is 2. The van der Waals surface area contributed by atoms with E-state index in [0.717, 1.165) is 20.9 Å². The number of fused-ring (bicyclic) bond motifs is 1. The van der Waals surface area contributed by atoms with Crippen LogP contribution in [0.5, 0.6) is 0 Å². The summed E-state index contributed by atoms with van der Waals surface area (Å²) in [5.41, 5.74) is 2.18. The van der Waals surface area contributed by atoms with Crippen molar-refractivity contribution in [3.8, 4) is 0 Å². The lowest BCUT2D eigenvalue weighted by atomic mass is 9.95. The number of hydrogen-bond donors (Lipinski definition) is 1. The maximum atomic E-state index is 12.8. The fraction of sp³-hybridized carbons (Fsp3) is 0.318. The number of hydrogen-bond acceptors (Lipinski definition) is 3. The summed E-state index contributed by atoms with van der Waals surface area (Å²) in [4.78, 5) is 31.4. The van der Waals surface area contributed by atoms with Crippen LogP contribution in [0.15, 0.2) is 53.3 Å². The predicted molar refractivity (Wildman–Crippen MR) is 116 cm³/mol. The van der Waals surface area contributed by atoms with E-state index >= 15 is 0 Å². The van der Waals surface area contributed by atoms with Crippen LogP contribution in [0.4, 0.5) is 5.82 Å². The number of piperidine rings is 1. The van der Waals surface area contributed by atoms with Crippen LogP contribution in [0.2, 0.25) is 0 Å². The van der Waals surface area contributed by atoms with Crippen LogP contribution < -0.4 is 5.32 Å². The third kappa shape index (κ3) is 4.34. The maximum Gasteiger partial charge on any atom is 0.228 e. The van der Waals surface area contributed by atoms with Crippen LogP contribution in [0.1, 0.15) is 18.4 Å². The number of benzene rings is 1. The van der Waals surface area contributed by atoms with Gasteiger partial charge in [-0.25, -0.2) is 4.98 Å². The molecule has 150 valence electrons. The van der Waals surface area contributed by atoms with Crippen LogP contribution in [0, 0.1) is 5.92 Å². The van der Waals surface area contributed by atoms with E-state index < -0.39 is 0 Å². The first-order chi connectivity index (χ1) is 14.0. The minimum absolute atomic E-state index is 0.0269. The van der Waals surface area contributed by atoms with Crippen molar-refractivity contribution in [1.29, 1.82) is 0 Å². The number of pyridine rings is 1. The van der Waals surface area contributed by atoms with E-state index in [1.807, 2.05) is 36.3 Å². The van der Waals surface area contributed by atoms with Gasteiger partial charge in [0.05, 0.1) is 6.42 Å². The molecule has 1 aliphatic heterocycles. The molecule has 0 atom stereocenters. The van der Waals surface area contributed by atoms with Crippen molar-refractivity contribution in [1.82, 2.24) is 14.5 Å². The molecule has 4 rings (SSSR count). The van der Waals surface area contributed by atoms with Gasteiger partial charge in [0.25, 0.3) is 0 Å². The molecule has 3 heterocycles. The summed E-state index contributed by atoms with van der Waals surface area (Å²) in [7, 11) is 2.00. The number of nitrogens with zero attached hydrogens (tertiary/aromatic N) is 3. The molecule has 29 heavy (non-hydrogen) atoms. The van der Waals surface area contributed by atoms with Gasteiger partial charge in [-0.15, -0.1) is 0 Å². The van der Waals surface area contributed by atoms with Gasteiger partial charge in [0.1, 0.15) is 5.82 Å². The molecule has 1 aliphatic rings. The van der Waals surface area contributed by atoms with E-state index in [0.29, 0.717) is 38.2 Å². The zero-order valence-electron chi connectivity index (χ0n) is 16.3. The summed E-state index contributed by atoms with van der Waals surface area (Å²) in [6, 6.07) is 11.7. The molecular weight excluding hydrogens is 432 g/mol. The smallest absolute Gasteiger partial charge is 0.228 e. The van der Waals surface area contributed by atoms with Crippen molar-refractivity contribution in [2.75, 3.05) is 18.4 Å². The van der Waals surface area contributed by atoms with Gasteiger partial charge in [0.2, 0.25) is 11.8 Å². The zero-order valence-corrected chi connectivity index (χ0v) is 17.9. The lowest BCUT2D eigenvalue weighted by molar-refractivity contribution is -0.133. The SMILES string of the molecule is Cn1cc(CC(=O)N2CCC(C(=O)Nc3ccc(Br)cn3)CC2)c2ccccc21. The Hall–Kier alpha value is -2.67. The van der Waals surface area contributed by atoms with Crippen LogP contribution in [-0.4, -0.2) is 39.4 Å². The van der Waals surface area contributed by atoms with Crippen molar-refractivity contribution < 1.29 is 9.59 Å². The fourth-order valence-electron chi connectivity index (χ4n) is 3.91. The Morgan fingerprint density at radius 2 is 1.93 bits per heavy atom. The van der Waals surface area contributed by atoms with E-state index in [1.54, 1.807) is 12.3 Å². The van der Waals surface area contributed by atoms with Gasteiger partial charge in [0.15, 0.2) is 0 Å². The Morgan fingerprint density at radius 3 is 2.66 bits per heavy atom. The molecule has 2 aromatic heterocycles. The Labute approximate surface area is 178 Å². The summed E-state index contributed by atoms with van der Waals surface area (Å²) < 4.78 is 2.93. The number of para-hydroxylation sites is 1. The second-order valence-corrected chi connectivity index (χ2v) is 8.38. The van der Waals surface area contributed by atoms with E-state index in [4.69, 9.17) is 0 Å². The first kappa shape index (κ1) is 19.6. The van der Waals surface area contributed by atoms with Crippen molar-refractivity contribution in [3.05, 3.63) is 58.8 Å². The molecule has 0 radical (unpaired) electrons. The number of nitrogens with one attached hydrogen (secondary N) is 1. The molecule has 6 nitrogen and oxygen atoms in total. The molecule has 7 heteroatoms. The third-order valence-corrected chi connectivity index (χ3v) is 5.99. The number of carbonyl (C=O) groups excluding carboxylic acids is 2. The summed E-state index contributed by atoms with van der Waals surface area (Å²) in [5, 5.41) is 3.99. The number of aromatic nitrogens is 2. The van der Waals surface area contributed by atoms with Crippen LogP contribution in [0.3, 0.4) is 0 Å². The lowest BCUT2D eigenvalue weighted by Crippen LogP contribution is -2.42. The van der Waals surface area contributed by atoms with E-state index in [2.05, 4.69) is 42.9 Å². The Morgan fingerprint density at radius 1 is 1.17 bits per heavy atom. The summed E-state index contributed by atoms with van der Waals surface area (Å²) >= 11 is 3.33. The average Bonchev–Trinajstić information content (AvgIpc) is 3.05. The van der Waals surface area contributed by atoms with Gasteiger partial charge >= 0.3 is 0 Å². The molecule has 0 spiro atoms. The average molecular weight is 455 g/mol. The highest BCUT2D eigenvalue weighted by atomic mass is 79.9. The quantitative estimate of drug-likeness (QED) is 0.652. The first-order valence-corrected chi connectivity index (χ1v) is 10.5. The molecule has 0 unspecified atom stereocenters. The fourth-order valence-corrected chi connectivity index (χ4v) is 4.14. The number of anilines is 1. The maximum absolute atomic E-state index is 12.8. The van der Waals surface area contributed by atoms with Crippen molar-refractivity contribution in [2.45, 2.75) is 19.3 Å². The van der Waals surface area contributed by atoms with Gasteiger partial charge in [-0.2, -0.15) is 0 Å². The molecule has 1 fully saturated rings. The molecule has 3 aromatic rings. The van der Waals surface area contributed by atoms with Gasteiger partial charge in [0, 0.05) is 53.8 Å². The summed E-state index contributed by atoms with van der Waals surface area (Å²) in [6.45, 7) is 1.21. The summed E-state index contributed by atoms with van der Waals surface area (Å²) in [5.74, 6) is 0.547. The highest BCUT2D eigenvalue weighted by molar-refractivity contribution is 9.10. The lowest BCUT2D eigenvalue weighted by Gasteiger charge is -2.31. The second-order valence-electron chi connectivity index (χ2n) is 7.47. The minimum Gasteiger partial charge on any atom is -0.350 e.